The number of rotatable bonds is 6. The van der Waals surface area contributed by atoms with Crippen molar-refractivity contribution in [3.63, 3.8) is 0 Å². The molecule has 2 aromatic carbocycles. The van der Waals surface area contributed by atoms with E-state index in [0.717, 1.165) is 17.7 Å². The van der Waals surface area contributed by atoms with Crippen molar-refractivity contribution in [1.29, 1.82) is 0 Å². The number of hydrogen-bond donors (Lipinski definition) is 1. The second-order valence-electron chi connectivity index (χ2n) is 6.03. The highest BCUT2D eigenvalue weighted by molar-refractivity contribution is 5.95. The first-order chi connectivity index (χ1) is 12.6. The molecule has 3 aromatic rings. The number of aromatic carboxylic acids is 1. The third kappa shape index (κ3) is 3.72. The summed E-state index contributed by atoms with van der Waals surface area (Å²) >= 11 is 0. The summed E-state index contributed by atoms with van der Waals surface area (Å²) in [6, 6.07) is 18.7. The quantitative estimate of drug-likeness (QED) is 0.700. The van der Waals surface area contributed by atoms with E-state index >= 15 is 0 Å². The van der Waals surface area contributed by atoms with Gasteiger partial charge in [-0.2, -0.15) is 0 Å². The number of carboxylic acids is 1. The Morgan fingerprint density at radius 1 is 1.04 bits per heavy atom. The Hall–Kier alpha value is -3.21. The van der Waals surface area contributed by atoms with Gasteiger partial charge in [0.15, 0.2) is 5.82 Å². The number of aromatic nitrogens is 2. The maximum atomic E-state index is 11.7. The van der Waals surface area contributed by atoms with Crippen molar-refractivity contribution in [1.82, 2.24) is 9.97 Å². The molecule has 3 rings (SSSR count). The summed E-state index contributed by atoms with van der Waals surface area (Å²) in [7, 11) is 0. The fourth-order valence-corrected chi connectivity index (χ4v) is 2.88. The van der Waals surface area contributed by atoms with Crippen molar-refractivity contribution in [2.24, 2.45) is 0 Å². The summed E-state index contributed by atoms with van der Waals surface area (Å²) in [5.74, 6) is 0.386. The number of hydrogen-bond acceptors (Lipinski definition) is 4. The monoisotopic (exact) mass is 347 g/mol. The molecular weight excluding hydrogens is 326 g/mol. The lowest BCUT2D eigenvalue weighted by atomic mass is 10.1. The van der Waals surface area contributed by atoms with E-state index in [4.69, 9.17) is 4.98 Å². The van der Waals surface area contributed by atoms with Crippen LogP contribution in [0, 0.1) is 6.92 Å². The highest BCUT2D eigenvalue weighted by Crippen LogP contribution is 2.29. The van der Waals surface area contributed by atoms with E-state index in [0.29, 0.717) is 23.9 Å². The van der Waals surface area contributed by atoms with Crippen molar-refractivity contribution < 1.29 is 9.90 Å². The van der Waals surface area contributed by atoms with Crippen molar-refractivity contribution in [2.45, 2.75) is 20.3 Å². The lowest BCUT2D eigenvalue weighted by molar-refractivity contribution is 0.0697. The zero-order valence-corrected chi connectivity index (χ0v) is 14.9. The van der Waals surface area contributed by atoms with E-state index in [9.17, 15) is 9.90 Å². The zero-order chi connectivity index (χ0) is 18.5. The number of nitrogens with zero attached hydrogens (tertiary/aromatic N) is 3. The Morgan fingerprint density at radius 2 is 1.73 bits per heavy atom. The van der Waals surface area contributed by atoms with Crippen LogP contribution in [0.4, 0.5) is 11.5 Å². The molecular formula is C21H21N3O2. The molecule has 0 aliphatic heterocycles. The molecule has 5 heteroatoms. The molecule has 0 unspecified atom stereocenters. The van der Waals surface area contributed by atoms with E-state index in [2.05, 4.69) is 11.9 Å². The van der Waals surface area contributed by atoms with Gasteiger partial charge in [0.05, 0.1) is 11.3 Å². The summed E-state index contributed by atoms with van der Waals surface area (Å²) < 4.78 is 0. The lowest BCUT2D eigenvalue weighted by Gasteiger charge is -2.25. The van der Waals surface area contributed by atoms with E-state index in [1.54, 1.807) is 12.1 Å². The smallest absolute Gasteiger partial charge is 0.337 e. The second-order valence-corrected chi connectivity index (χ2v) is 6.03. The first-order valence-electron chi connectivity index (χ1n) is 8.61. The number of benzene rings is 2. The summed E-state index contributed by atoms with van der Waals surface area (Å²) in [6.45, 7) is 4.64. The predicted octanol–water partition coefficient (Wildman–Crippen LogP) is 4.70. The Labute approximate surface area is 153 Å². The highest BCUT2D eigenvalue weighted by atomic mass is 16.4. The van der Waals surface area contributed by atoms with Gasteiger partial charge in [0.25, 0.3) is 0 Å². The molecule has 0 radical (unpaired) electrons. The average Bonchev–Trinajstić information content (AvgIpc) is 2.66. The minimum atomic E-state index is -0.948. The van der Waals surface area contributed by atoms with Gasteiger partial charge in [-0.25, -0.2) is 14.8 Å². The predicted molar refractivity (Wildman–Crippen MR) is 103 cm³/mol. The van der Waals surface area contributed by atoms with Crippen LogP contribution < -0.4 is 4.90 Å². The van der Waals surface area contributed by atoms with Crippen molar-refractivity contribution in [3.8, 4) is 11.4 Å². The van der Waals surface area contributed by atoms with Gasteiger partial charge >= 0.3 is 5.97 Å². The molecule has 0 aliphatic rings. The van der Waals surface area contributed by atoms with Crippen LogP contribution in [0.2, 0.25) is 0 Å². The van der Waals surface area contributed by atoms with Crippen LogP contribution >= 0.6 is 0 Å². The third-order valence-corrected chi connectivity index (χ3v) is 4.02. The minimum Gasteiger partial charge on any atom is -0.478 e. The largest absolute Gasteiger partial charge is 0.478 e. The molecule has 1 heterocycles. The van der Waals surface area contributed by atoms with Crippen molar-refractivity contribution in [3.05, 3.63) is 71.9 Å². The molecule has 0 aliphatic carbocycles. The van der Waals surface area contributed by atoms with E-state index in [-0.39, 0.29) is 5.56 Å². The molecule has 0 atom stereocenters. The van der Waals surface area contributed by atoms with Crippen molar-refractivity contribution >= 4 is 17.5 Å². The fourth-order valence-electron chi connectivity index (χ4n) is 2.88. The summed E-state index contributed by atoms with van der Waals surface area (Å²) in [6.07, 6.45) is 0.859. The SMILES string of the molecule is CCCN(c1cc(C)nc(-c2ccccc2)n1)c1ccccc1C(=O)O. The van der Waals surface area contributed by atoms with Crippen molar-refractivity contribution in [2.75, 3.05) is 11.4 Å². The van der Waals surface area contributed by atoms with Gasteiger partial charge in [0, 0.05) is 23.9 Å². The van der Waals surface area contributed by atoms with E-state index in [1.807, 2.05) is 60.4 Å². The Balaban J connectivity index is 2.13. The van der Waals surface area contributed by atoms with Gasteiger partial charge in [-0.3, -0.25) is 0 Å². The molecule has 0 saturated heterocycles. The van der Waals surface area contributed by atoms with Crippen LogP contribution in [0.3, 0.4) is 0 Å². The molecule has 0 bridgehead atoms. The molecule has 0 spiro atoms. The van der Waals surface area contributed by atoms with Crippen LogP contribution in [0.25, 0.3) is 11.4 Å². The van der Waals surface area contributed by atoms with Gasteiger partial charge < -0.3 is 10.0 Å². The maximum Gasteiger partial charge on any atom is 0.337 e. The molecule has 0 fully saturated rings. The van der Waals surface area contributed by atoms with Crippen LogP contribution in [-0.2, 0) is 0 Å². The van der Waals surface area contributed by atoms with Crippen LogP contribution in [0.15, 0.2) is 60.7 Å². The number of carbonyl (C=O) groups is 1. The summed E-state index contributed by atoms with van der Waals surface area (Å²) in [4.78, 5) is 22.9. The maximum absolute atomic E-state index is 11.7. The minimum absolute atomic E-state index is 0.262. The Morgan fingerprint density at radius 3 is 2.42 bits per heavy atom. The topological polar surface area (TPSA) is 66.3 Å². The summed E-state index contributed by atoms with van der Waals surface area (Å²) in [5.41, 5.74) is 2.67. The molecule has 132 valence electrons. The van der Waals surface area contributed by atoms with Gasteiger partial charge in [-0.05, 0) is 25.5 Å². The molecule has 0 amide bonds. The average molecular weight is 347 g/mol. The molecule has 1 aromatic heterocycles. The first kappa shape index (κ1) is 17.6. The van der Waals surface area contributed by atoms with Crippen LogP contribution in [0.1, 0.15) is 29.4 Å². The number of anilines is 2. The molecule has 5 nitrogen and oxygen atoms in total. The highest BCUT2D eigenvalue weighted by Gasteiger charge is 2.18. The Kier molecular flexibility index (Phi) is 5.27. The van der Waals surface area contributed by atoms with E-state index < -0.39 is 5.97 Å². The third-order valence-electron chi connectivity index (χ3n) is 4.02. The summed E-state index contributed by atoms with van der Waals surface area (Å²) in [5, 5.41) is 9.56. The van der Waals surface area contributed by atoms with Gasteiger partial charge in [0.2, 0.25) is 0 Å². The van der Waals surface area contributed by atoms with Gasteiger partial charge in [0.1, 0.15) is 5.82 Å². The Bertz CT molecular complexity index is 910. The first-order valence-corrected chi connectivity index (χ1v) is 8.61. The fraction of sp³-hybridized carbons (Fsp3) is 0.190. The standard InChI is InChI=1S/C21H21N3O2/c1-3-13-24(18-12-8-7-11-17(18)21(25)26)19-14-15(2)22-20(23-19)16-9-5-4-6-10-16/h4-12,14H,3,13H2,1-2H3,(H,25,26). The van der Waals surface area contributed by atoms with Crippen LogP contribution in [-0.4, -0.2) is 27.6 Å². The molecule has 26 heavy (non-hydrogen) atoms. The van der Waals surface area contributed by atoms with Gasteiger partial charge in [-0.1, -0.05) is 49.4 Å². The second kappa shape index (κ2) is 7.78. The lowest BCUT2D eigenvalue weighted by Crippen LogP contribution is -2.22. The normalized spacial score (nSPS) is 10.5. The number of aryl methyl sites for hydroxylation is 1. The van der Waals surface area contributed by atoms with E-state index in [1.165, 1.54) is 0 Å². The molecule has 1 N–H and O–H groups in total. The van der Waals surface area contributed by atoms with Crippen LogP contribution in [0.5, 0.6) is 0 Å². The van der Waals surface area contributed by atoms with Gasteiger partial charge in [-0.15, -0.1) is 0 Å². The number of carboxylic acid groups (broad SMARTS) is 1. The molecule has 0 saturated carbocycles. The number of para-hydroxylation sites is 1. The zero-order valence-electron chi connectivity index (χ0n) is 14.9.